The normalized spacial score (nSPS) is 11.1. The quantitative estimate of drug-likeness (QED) is 0.523. The number of benzene rings is 1. The largest absolute Gasteiger partial charge is 0.324 e. The monoisotopic (exact) mass is 406 g/mol. The minimum atomic E-state index is -0.700. The molecule has 0 unspecified atom stereocenters. The van der Waals surface area contributed by atoms with Crippen LogP contribution in [0.2, 0.25) is 10.0 Å². The van der Waals surface area contributed by atoms with Gasteiger partial charge in [0.15, 0.2) is 0 Å². The van der Waals surface area contributed by atoms with Crippen molar-refractivity contribution in [2.24, 2.45) is 0 Å². The lowest BCUT2D eigenvalue weighted by Gasteiger charge is -2.07. The van der Waals surface area contributed by atoms with Crippen molar-refractivity contribution in [3.63, 3.8) is 0 Å². The Morgan fingerprint density at radius 2 is 1.85 bits per heavy atom. The first-order chi connectivity index (χ1) is 13.0. The maximum atomic E-state index is 13.4. The van der Waals surface area contributed by atoms with E-state index < -0.39 is 12.5 Å². The minimum absolute atomic E-state index is 0.124. The Kier molecular flexibility index (Phi) is 4.59. The number of hydrogen-bond donors (Lipinski definition) is 1. The fourth-order valence-corrected chi connectivity index (χ4v) is 3.21. The molecule has 0 saturated carbocycles. The van der Waals surface area contributed by atoms with Crippen LogP contribution >= 0.6 is 23.2 Å². The van der Waals surface area contributed by atoms with Gasteiger partial charge in [0.25, 0.3) is 0 Å². The number of halogens is 4. The van der Waals surface area contributed by atoms with Gasteiger partial charge in [-0.3, -0.25) is 0 Å². The zero-order chi connectivity index (χ0) is 19.0. The van der Waals surface area contributed by atoms with Crippen LogP contribution in [0.5, 0.6) is 0 Å². The Labute approximate surface area is 161 Å². The van der Waals surface area contributed by atoms with Crippen molar-refractivity contribution in [2.75, 3.05) is 5.32 Å². The molecule has 27 heavy (non-hydrogen) atoms. The van der Waals surface area contributed by atoms with E-state index in [-0.39, 0.29) is 15.7 Å². The van der Waals surface area contributed by atoms with Crippen LogP contribution in [-0.2, 0) is 6.67 Å². The molecule has 10 heteroatoms. The molecule has 0 fully saturated rings. The molecular formula is C17H10Cl2F2N6. The molecule has 0 aliphatic carbocycles. The van der Waals surface area contributed by atoms with Crippen molar-refractivity contribution in [1.29, 1.82) is 0 Å². The molecule has 0 bridgehead atoms. The van der Waals surface area contributed by atoms with Crippen molar-refractivity contribution in [3.8, 4) is 5.69 Å². The average Bonchev–Trinajstić information content (AvgIpc) is 3.05. The second-order valence-corrected chi connectivity index (χ2v) is 6.35. The summed E-state index contributed by atoms with van der Waals surface area (Å²) in [5, 5.41) is 8.33. The van der Waals surface area contributed by atoms with Gasteiger partial charge in [-0.05, 0) is 18.2 Å². The van der Waals surface area contributed by atoms with Gasteiger partial charge in [-0.25, -0.2) is 28.4 Å². The number of aromatic nitrogens is 5. The Bertz CT molecular complexity index is 1120. The van der Waals surface area contributed by atoms with Gasteiger partial charge in [0.2, 0.25) is 0 Å². The molecular weight excluding hydrogens is 397 g/mol. The van der Waals surface area contributed by atoms with Crippen LogP contribution in [0.15, 0.2) is 43.0 Å². The van der Waals surface area contributed by atoms with E-state index in [1.165, 1.54) is 17.1 Å². The van der Waals surface area contributed by atoms with Gasteiger partial charge < -0.3 is 5.32 Å². The third-order valence-corrected chi connectivity index (χ3v) is 4.33. The fourth-order valence-electron chi connectivity index (χ4n) is 2.57. The molecule has 136 valence electrons. The maximum Gasteiger partial charge on any atom is 0.142 e. The molecule has 0 aliphatic rings. The van der Waals surface area contributed by atoms with Crippen LogP contribution in [-0.4, -0.2) is 24.7 Å². The molecule has 0 radical (unpaired) electrons. The Balaban J connectivity index is 1.79. The van der Waals surface area contributed by atoms with E-state index in [4.69, 9.17) is 23.2 Å². The van der Waals surface area contributed by atoms with Crippen LogP contribution in [0.4, 0.5) is 20.4 Å². The van der Waals surface area contributed by atoms with E-state index >= 15 is 0 Å². The standard InChI is InChI=1S/C17H10Cl2F2N6/c18-12-3-9(21)4-13(19)16(12)27-7-11-14(26-27)1-2-22-17(11)25-15-5-10(6-20)23-8-24-15/h1-5,7-8H,6H2,(H,22,23,24,25). The van der Waals surface area contributed by atoms with Gasteiger partial charge in [-0.1, -0.05) is 23.2 Å². The van der Waals surface area contributed by atoms with E-state index in [9.17, 15) is 8.78 Å². The van der Waals surface area contributed by atoms with Crippen LogP contribution in [0, 0.1) is 5.82 Å². The van der Waals surface area contributed by atoms with Crippen LogP contribution in [0.25, 0.3) is 16.6 Å². The Morgan fingerprint density at radius 3 is 2.59 bits per heavy atom. The summed E-state index contributed by atoms with van der Waals surface area (Å²) in [6.45, 7) is -0.700. The molecule has 0 amide bonds. The molecule has 4 aromatic rings. The number of pyridine rings is 1. The Hall–Kier alpha value is -2.84. The average molecular weight is 407 g/mol. The summed E-state index contributed by atoms with van der Waals surface area (Å²) in [5.74, 6) is 0.307. The lowest BCUT2D eigenvalue weighted by atomic mass is 10.3. The SMILES string of the molecule is FCc1cc(Nc2nccc3nn(-c4c(Cl)cc(F)cc4Cl)cc23)ncn1. The predicted molar refractivity (Wildman–Crippen MR) is 99.0 cm³/mol. The first-order valence-corrected chi connectivity index (χ1v) is 8.44. The van der Waals surface area contributed by atoms with Crippen molar-refractivity contribution >= 4 is 45.7 Å². The summed E-state index contributed by atoms with van der Waals surface area (Å²) < 4.78 is 27.7. The third kappa shape index (κ3) is 3.41. The van der Waals surface area contributed by atoms with Gasteiger partial charge in [-0.2, -0.15) is 5.10 Å². The summed E-state index contributed by atoms with van der Waals surface area (Å²) >= 11 is 12.3. The highest BCUT2D eigenvalue weighted by atomic mass is 35.5. The number of nitrogens with zero attached hydrogens (tertiary/aromatic N) is 5. The molecule has 0 saturated heterocycles. The van der Waals surface area contributed by atoms with Gasteiger partial charge in [0, 0.05) is 18.5 Å². The van der Waals surface area contributed by atoms with Gasteiger partial charge in [0.1, 0.15) is 36.1 Å². The summed E-state index contributed by atoms with van der Waals surface area (Å²) in [6, 6.07) is 5.51. The van der Waals surface area contributed by atoms with Gasteiger partial charge >= 0.3 is 0 Å². The number of rotatable bonds is 4. The third-order valence-electron chi connectivity index (χ3n) is 3.75. The van der Waals surface area contributed by atoms with Crippen LogP contribution in [0.1, 0.15) is 5.69 Å². The van der Waals surface area contributed by atoms with E-state index in [0.29, 0.717) is 28.2 Å². The van der Waals surface area contributed by atoms with E-state index in [2.05, 4.69) is 25.4 Å². The second kappa shape index (κ2) is 7.05. The molecule has 0 atom stereocenters. The molecule has 6 nitrogen and oxygen atoms in total. The number of alkyl halides is 1. The van der Waals surface area contributed by atoms with Gasteiger partial charge in [-0.15, -0.1) is 0 Å². The fraction of sp³-hybridized carbons (Fsp3) is 0.0588. The van der Waals surface area contributed by atoms with Crippen LogP contribution < -0.4 is 5.32 Å². The zero-order valence-electron chi connectivity index (χ0n) is 13.5. The van der Waals surface area contributed by atoms with Crippen molar-refractivity contribution in [2.45, 2.75) is 6.67 Å². The van der Waals surface area contributed by atoms with Gasteiger partial charge in [0.05, 0.1) is 26.6 Å². The molecule has 3 aromatic heterocycles. The van der Waals surface area contributed by atoms with E-state index in [1.54, 1.807) is 18.5 Å². The minimum Gasteiger partial charge on any atom is -0.324 e. The highest BCUT2D eigenvalue weighted by Crippen LogP contribution is 2.32. The lowest BCUT2D eigenvalue weighted by Crippen LogP contribution is -1.98. The van der Waals surface area contributed by atoms with Crippen molar-refractivity contribution in [3.05, 3.63) is 64.5 Å². The number of fused-ring (bicyclic) bond motifs is 1. The first-order valence-electron chi connectivity index (χ1n) is 7.68. The lowest BCUT2D eigenvalue weighted by molar-refractivity contribution is 0.475. The van der Waals surface area contributed by atoms with Crippen molar-refractivity contribution < 1.29 is 8.78 Å². The molecule has 0 aliphatic heterocycles. The van der Waals surface area contributed by atoms with E-state index in [0.717, 1.165) is 12.1 Å². The summed E-state index contributed by atoms with van der Waals surface area (Å²) in [5.41, 5.74) is 1.20. The summed E-state index contributed by atoms with van der Waals surface area (Å²) in [6.07, 6.45) is 4.49. The summed E-state index contributed by atoms with van der Waals surface area (Å²) in [7, 11) is 0. The molecule has 3 heterocycles. The van der Waals surface area contributed by atoms with Crippen molar-refractivity contribution in [1.82, 2.24) is 24.7 Å². The molecule has 4 rings (SSSR count). The predicted octanol–water partition coefficient (Wildman–Crippen LogP) is 4.87. The molecule has 1 aromatic carbocycles. The topological polar surface area (TPSA) is 68.5 Å². The van der Waals surface area contributed by atoms with Crippen LogP contribution in [0.3, 0.4) is 0 Å². The molecule has 0 spiro atoms. The summed E-state index contributed by atoms with van der Waals surface area (Å²) in [4.78, 5) is 12.1. The Morgan fingerprint density at radius 1 is 1.07 bits per heavy atom. The first kappa shape index (κ1) is 17.6. The zero-order valence-corrected chi connectivity index (χ0v) is 15.0. The highest BCUT2D eigenvalue weighted by Gasteiger charge is 2.15. The maximum absolute atomic E-state index is 13.4. The number of anilines is 2. The second-order valence-electron chi connectivity index (χ2n) is 5.54. The number of nitrogens with one attached hydrogen (secondary N) is 1. The van der Waals surface area contributed by atoms with E-state index in [1.807, 2.05) is 0 Å². The molecule has 1 N–H and O–H groups in total. The number of hydrogen-bond acceptors (Lipinski definition) is 5. The smallest absolute Gasteiger partial charge is 0.142 e. The highest BCUT2D eigenvalue weighted by molar-refractivity contribution is 6.37.